The zero-order valence-corrected chi connectivity index (χ0v) is 19.9. The van der Waals surface area contributed by atoms with Gasteiger partial charge in [0.25, 0.3) is 0 Å². The van der Waals surface area contributed by atoms with Gasteiger partial charge in [0.1, 0.15) is 17.1 Å². The summed E-state index contributed by atoms with van der Waals surface area (Å²) >= 11 is 0. The molecule has 1 unspecified atom stereocenters. The van der Waals surface area contributed by atoms with Gasteiger partial charge in [0.05, 0.1) is 12.7 Å². The third-order valence-electron chi connectivity index (χ3n) is 8.05. The van der Waals surface area contributed by atoms with Crippen LogP contribution in [0.15, 0.2) is 6.07 Å². The van der Waals surface area contributed by atoms with Crippen LogP contribution in [0.3, 0.4) is 0 Å². The molecule has 1 aliphatic carbocycles. The maximum Gasteiger partial charge on any atom is 0.129 e. The number of rotatable bonds is 6. The van der Waals surface area contributed by atoms with Crippen LogP contribution in [0.4, 0.5) is 0 Å². The smallest absolute Gasteiger partial charge is 0.129 e. The molecule has 1 N–H and O–H groups in total. The first-order chi connectivity index (χ1) is 14.2. The van der Waals surface area contributed by atoms with Crippen molar-refractivity contribution < 1.29 is 14.6 Å². The summed E-state index contributed by atoms with van der Waals surface area (Å²) in [5.41, 5.74) is 4.02. The quantitative estimate of drug-likeness (QED) is 0.528. The van der Waals surface area contributed by atoms with Crippen LogP contribution in [-0.2, 0) is 11.8 Å². The Balaban J connectivity index is 1.77. The third kappa shape index (κ3) is 3.99. The lowest BCUT2D eigenvalue weighted by atomic mass is 9.64. The van der Waals surface area contributed by atoms with Gasteiger partial charge in [0, 0.05) is 17.4 Å². The van der Waals surface area contributed by atoms with Crippen molar-refractivity contribution in [2.75, 3.05) is 6.61 Å². The van der Waals surface area contributed by atoms with Crippen LogP contribution in [-0.4, -0.2) is 23.4 Å². The maximum atomic E-state index is 10.5. The van der Waals surface area contributed by atoms with Crippen LogP contribution < -0.4 is 9.47 Å². The number of fused-ring (bicyclic) bond motifs is 5. The molecule has 0 radical (unpaired) electrons. The van der Waals surface area contributed by atoms with Gasteiger partial charge in [-0.15, -0.1) is 0 Å². The van der Waals surface area contributed by atoms with E-state index in [1.54, 1.807) is 0 Å². The van der Waals surface area contributed by atoms with Crippen molar-refractivity contribution in [3.8, 4) is 11.5 Å². The highest BCUT2D eigenvalue weighted by Crippen LogP contribution is 2.57. The van der Waals surface area contributed by atoms with Gasteiger partial charge < -0.3 is 14.6 Å². The van der Waals surface area contributed by atoms with Crippen molar-refractivity contribution in [2.45, 2.75) is 122 Å². The molecule has 3 aliphatic rings. The zero-order valence-electron chi connectivity index (χ0n) is 19.9. The molecule has 2 aliphatic heterocycles. The van der Waals surface area contributed by atoms with E-state index >= 15 is 0 Å². The Kier molecular flexibility index (Phi) is 6.14. The van der Waals surface area contributed by atoms with E-state index in [0.29, 0.717) is 11.8 Å². The fourth-order valence-electron chi connectivity index (χ4n) is 6.36. The van der Waals surface area contributed by atoms with Crippen LogP contribution in [0, 0.1) is 5.92 Å². The molecule has 3 nitrogen and oxygen atoms in total. The van der Waals surface area contributed by atoms with E-state index in [1.807, 2.05) is 0 Å². The van der Waals surface area contributed by atoms with Crippen LogP contribution in [0.5, 0.6) is 11.5 Å². The Morgan fingerprint density at radius 2 is 1.97 bits per heavy atom. The average molecular weight is 415 g/mol. The minimum absolute atomic E-state index is 0.115. The Bertz CT molecular complexity index is 764. The fraction of sp³-hybridized carbons (Fsp3) is 0.778. The lowest BCUT2D eigenvalue weighted by molar-refractivity contribution is -0.0322. The molecule has 0 spiro atoms. The Morgan fingerprint density at radius 3 is 2.73 bits per heavy atom. The molecule has 3 heteroatoms. The zero-order chi connectivity index (χ0) is 21.5. The number of aliphatic hydroxyl groups excluding tert-OH is 1. The summed E-state index contributed by atoms with van der Waals surface area (Å²) in [5.74, 6) is 2.90. The summed E-state index contributed by atoms with van der Waals surface area (Å²) in [6.45, 7) is 12.3. The molecule has 4 rings (SSSR count). The average Bonchev–Trinajstić information content (AvgIpc) is 2.69. The van der Waals surface area contributed by atoms with Crippen molar-refractivity contribution in [3.05, 3.63) is 22.8 Å². The molecule has 2 heterocycles. The van der Waals surface area contributed by atoms with Crippen molar-refractivity contribution in [1.29, 1.82) is 0 Å². The molecule has 0 amide bonds. The van der Waals surface area contributed by atoms with Gasteiger partial charge in [-0.05, 0) is 75.0 Å². The van der Waals surface area contributed by atoms with Crippen molar-refractivity contribution in [3.63, 3.8) is 0 Å². The van der Waals surface area contributed by atoms with Crippen molar-refractivity contribution in [2.24, 2.45) is 5.92 Å². The predicted octanol–water partition coefficient (Wildman–Crippen LogP) is 6.68. The van der Waals surface area contributed by atoms with Gasteiger partial charge in [-0.1, -0.05) is 46.5 Å². The SMILES string of the molecule is CCCCCCC(C)(C)c1cc2c(c3c1CCCO3)[C@@H]1CC(O)CC[C@H]1C(C)(C)O2. The topological polar surface area (TPSA) is 38.7 Å². The first kappa shape index (κ1) is 22.0. The summed E-state index contributed by atoms with van der Waals surface area (Å²) in [5, 5.41) is 10.5. The van der Waals surface area contributed by atoms with E-state index in [0.717, 1.165) is 50.2 Å². The second kappa shape index (κ2) is 8.37. The number of ether oxygens (including phenoxy) is 2. The van der Waals surface area contributed by atoms with Gasteiger partial charge in [0.15, 0.2) is 0 Å². The van der Waals surface area contributed by atoms with Gasteiger partial charge >= 0.3 is 0 Å². The minimum atomic E-state index is -0.207. The van der Waals surface area contributed by atoms with E-state index in [4.69, 9.17) is 9.47 Å². The summed E-state index contributed by atoms with van der Waals surface area (Å²) in [6.07, 6.45) is 11.1. The first-order valence-corrected chi connectivity index (χ1v) is 12.4. The lowest BCUT2D eigenvalue weighted by Gasteiger charge is -2.49. The molecule has 0 aromatic heterocycles. The molecule has 168 valence electrons. The highest BCUT2D eigenvalue weighted by molar-refractivity contribution is 5.60. The number of hydrogen-bond donors (Lipinski definition) is 1. The second-order valence-corrected chi connectivity index (χ2v) is 11.2. The van der Waals surface area contributed by atoms with Crippen molar-refractivity contribution >= 4 is 0 Å². The van der Waals surface area contributed by atoms with E-state index in [1.165, 1.54) is 48.8 Å². The third-order valence-corrected chi connectivity index (χ3v) is 8.05. The molecule has 1 fully saturated rings. The summed E-state index contributed by atoms with van der Waals surface area (Å²) < 4.78 is 13.1. The van der Waals surface area contributed by atoms with Crippen LogP contribution in [0.25, 0.3) is 0 Å². The largest absolute Gasteiger partial charge is 0.493 e. The number of hydrogen-bond acceptors (Lipinski definition) is 3. The van der Waals surface area contributed by atoms with Crippen LogP contribution in [0.2, 0.25) is 0 Å². The number of aliphatic hydroxyl groups is 1. The normalized spacial score (nSPS) is 27.3. The van der Waals surface area contributed by atoms with E-state index in [2.05, 4.69) is 40.7 Å². The highest BCUT2D eigenvalue weighted by atomic mass is 16.5. The second-order valence-electron chi connectivity index (χ2n) is 11.2. The minimum Gasteiger partial charge on any atom is -0.493 e. The molecule has 1 saturated carbocycles. The van der Waals surface area contributed by atoms with Gasteiger partial charge in [-0.3, -0.25) is 0 Å². The lowest BCUT2D eigenvalue weighted by Crippen LogP contribution is -2.48. The van der Waals surface area contributed by atoms with Crippen LogP contribution in [0.1, 0.15) is 115 Å². The van der Waals surface area contributed by atoms with Gasteiger partial charge in [0.2, 0.25) is 0 Å². The molecule has 0 saturated heterocycles. The number of unbranched alkanes of at least 4 members (excludes halogenated alkanes) is 3. The van der Waals surface area contributed by atoms with E-state index in [-0.39, 0.29) is 17.1 Å². The fourth-order valence-corrected chi connectivity index (χ4v) is 6.36. The van der Waals surface area contributed by atoms with E-state index in [9.17, 15) is 5.11 Å². The standard InChI is InChI=1S/C27H42O3/c1-6-7-8-9-14-26(2,3)22-17-23-24(25-19(22)11-10-15-29-25)20-16-18(28)12-13-21(20)27(4,5)30-23/h17-18,20-21,28H,6-16H2,1-5H3/t18?,20-,21-/m1/s1. The summed E-state index contributed by atoms with van der Waals surface area (Å²) in [7, 11) is 0. The highest BCUT2D eigenvalue weighted by Gasteiger charge is 2.49. The first-order valence-electron chi connectivity index (χ1n) is 12.4. The molecule has 0 bridgehead atoms. The predicted molar refractivity (Wildman–Crippen MR) is 123 cm³/mol. The molecule has 1 aromatic carbocycles. The van der Waals surface area contributed by atoms with Gasteiger partial charge in [-0.25, -0.2) is 0 Å². The monoisotopic (exact) mass is 414 g/mol. The molecule has 3 atom stereocenters. The Labute approximate surface area is 183 Å². The Morgan fingerprint density at radius 1 is 1.17 bits per heavy atom. The van der Waals surface area contributed by atoms with Gasteiger partial charge in [-0.2, -0.15) is 0 Å². The molecular weight excluding hydrogens is 372 g/mol. The summed E-state index contributed by atoms with van der Waals surface area (Å²) in [4.78, 5) is 0. The van der Waals surface area contributed by atoms with Crippen LogP contribution >= 0.6 is 0 Å². The molecule has 1 aromatic rings. The molecular formula is C27H42O3. The number of benzene rings is 1. The Hall–Kier alpha value is -1.22. The van der Waals surface area contributed by atoms with Crippen molar-refractivity contribution in [1.82, 2.24) is 0 Å². The van der Waals surface area contributed by atoms with E-state index < -0.39 is 0 Å². The molecule has 30 heavy (non-hydrogen) atoms. The maximum absolute atomic E-state index is 10.5. The summed E-state index contributed by atoms with van der Waals surface area (Å²) in [6, 6.07) is 2.36.